The fourth-order valence-electron chi connectivity index (χ4n) is 3.63. The largest absolute Gasteiger partial charge is 0.497 e. The van der Waals surface area contributed by atoms with Gasteiger partial charge in [0, 0.05) is 7.05 Å². The van der Waals surface area contributed by atoms with Crippen LogP contribution in [0.1, 0.15) is 11.1 Å². The zero-order chi connectivity index (χ0) is 19.7. The monoisotopic (exact) mass is 371 g/mol. The Kier molecular flexibility index (Phi) is 4.35. The minimum Gasteiger partial charge on any atom is -0.497 e. The molecule has 4 rings (SSSR count). The summed E-state index contributed by atoms with van der Waals surface area (Å²) in [4.78, 5) is 14.6. The number of likely N-dealkylation sites (N-methyl/N-ethyl adjacent to an activating group) is 1. The van der Waals surface area contributed by atoms with Gasteiger partial charge in [-0.2, -0.15) is 0 Å². The minimum atomic E-state index is -1.12. The lowest BCUT2D eigenvalue weighted by Crippen LogP contribution is -2.45. The maximum absolute atomic E-state index is 13.3. The van der Waals surface area contributed by atoms with Crippen LogP contribution in [0.5, 0.6) is 5.75 Å². The van der Waals surface area contributed by atoms with Gasteiger partial charge in [0.15, 0.2) is 11.5 Å². The Morgan fingerprint density at radius 2 is 1.57 bits per heavy atom. The summed E-state index contributed by atoms with van der Waals surface area (Å²) in [6.45, 7) is 0. The van der Waals surface area contributed by atoms with Crippen molar-refractivity contribution in [2.75, 3.05) is 14.2 Å². The second-order valence-electron chi connectivity index (χ2n) is 6.76. The zero-order valence-corrected chi connectivity index (χ0v) is 15.8. The van der Waals surface area contributed by atoms with Crippen LogP contribution in [0.4, 0.5) is 0 Å². The van der Waals surface area contributed by atoms with E-state index in [2.05, 4.69) is 5.32 Å². The summed E-state index contributed by atoms with van der Waals surface area (Å²) in [5.74, 6) is 0.711. The Balaban J connectivity index is 1.86. The van der Waals surface area contributed by atoms with Crippen molar-refractivity contribution in [2.45, 2.75) is 5.54 Å². The number of methoxy groups -OCH3 is 1. The van der Waals surface area contributed by atoms with E-state index < -0.39 is 5.54 Å². The zero-order valence-electron chi connectivity index (χ0n) is 15.8. The fourth-order valence-corrected chi connectivity index (χ4v) is 3.63. The Morgan fingerprint density at radius 3 is 2.18 bits per heavy atom. The maximum Gasteiger partial charge on any atom is 0.264 e. The Bertz CT molecular complexity index is 1030. The molecule has 2 N–H and O–H groups in total. The number of carbonyl (C=O) groups excluding carboxylic acids is 1. The molecule has 0 aromatic heterocycles. The number of ether oxygens (including phenoxy) is 1. The second-order valence-corrected chi connectivity index (χ2v) is 6.76. The molecule has 1 heterocycles. The maximum atomic E-state index is 13.3. The first kappa shape index (κ1) is 17.8. The third-order valence-corrected chi connectivity index (χ3v) is 5.19. The highest BCUT2D eigenvalue weighted by atomic mass is 16.5. The van der Waals surface area contributed by atoms with Crippen molar-refractivity contribution < 1.29 is 9.53 Å². The van der Waals surface area contributed by atoms with Crippen molar-refractivity contribution in [2.24, 2.45) is 0 Å². The summed E-state index contributed by atoms with van der Waals surface area (Å²) in [7, 11) is 3.26. The highest BCUT2D eigenvalue weighted by molar-refractivity contribution is 6.10. The van der Waals surface area contributed by atoms with Gasteiger partial charge in [0.05, 0.1) is 7.11 Å². The summed E-state index contributed by atoms with van der Waals surface area (Å²) in [5.41, 5.74) is 2.51. The van der Waals surface area contributed by atoms with E-state index in [1.54, 1.807) is 14.2 Å². The van der Waals surface area contributed by atoms with Crippen molar-refractivity contribution in [3.8, 4) is 16.9 Å². The first-order chi connectivity index (χ1) is 13.6. The van der Waals surface area contributed by atoms with Gasteiger partial charge in [-0.1, -0.05) is 60.7 Å². The third-order valence-electron chi connectivity index (χ3n) is 5.19. The highest BCUT2D eigenvalue weighted by Crippen LogP contribution is 2.37. The SMILES string of the molecule is COc1ccc(-c2cccc(C3(c4ccccc4)NC(=N)N(C)C3=O)c2)cc1. The molecule has 1 amide bonds. The summed E-state index contributed by atoms with van der Waals surface area (Å²) >= 11 is 0. The van der Waals surface area contributed by atoms with Gasteiger partial charge in [-0.05, 0) is 40.5 Å². The lowest BCUT2D eigenvalue weighted by molar-refractivity contribution is -0.129. The van der Waals surface area contributed by atoms with E-state index in [-0.39, 0.29) is 11.9 Å². The molecule has 1 fully saturated rings. The molecule has 5 heteroatoms. The minimum absolute atomic E-state index is 0.0868. The molecule has 0 bridgehead atoms. The van der Waals surface area contributed by atoms with Gasteiger partial charge in [0.2, 0.25) is 0 Å². The highest BCUT2D eigenvalue weighted by Gasteiger charge is 2.50. The molecular weight excluding hydrogens is 350 g/mol. The Hall–Kier alpha value is -3.60. The number of nitrogens with zero attached hydrogens (tertiary/aromatic N) is 1. The lowest BCUT2D eigenvalue weighted by Gasteiger charge is -2.28. The topological polar surface area (TPSA) is 65.4 Å². The fraction of sp³-hybridized carbons (Fsp3) is 0.130. The van der Waals surface area contributed by atoms with Crippen LogP contribution in [0.3, 0.4) is 0 Å². The van der Waals surface area contributed by atoms with Crippen LogP contribution in [-0.4, -0.2) is 30.9 Å². The van der Waals surface area contributed by atoms with Crippen molar-refractivity contribution in [3.63, 3.8) is 0 Å². The average molecular weight is 371 g/mol. The smallest absolute Gasteiger partial charge is 0.264 e. The summed E-state index contributed by atoms with van der Waals surface area (Å²) in [6.07, 6.45) is 0. The van der Waals surface area contributed by atoms with Crippen LogP contribution in [0.15, 0.2) is 78.9 Å². The molecule has 1 atom stereocenters. The van der Waals surface area contributed by atoms with Gasteiger partial charge >= 0.3 is 0 Å². The summed E-state index contributed by atoms with van der Waals surface area (Å²) in [6, 6.07) is 25.3. The first-order valence-corrected chi connectivity index (χ1v) is 9.01. The number of hydrogen-bond acceptors (Lipinski definition) is 3. The molecule has 1 aliphatic rings. The average Bonchev–Trinajstić information content (AvgIpc) is 2.99. The van der Waals surface area contributed by atoms with Crippen LogP contribution in [0.25, 0.3) is 11.1 Å². The van der Waals surface area contributed by atoms with Gasteiger partial charge in [0.25, 0.3) is 5.91 Å². The number of amides is 1. The Morgan fingerprint density at radius 1 is 0.893 bits per heavy atom. The molecule has 1 unspecified atom stereocenters. The number of rotatable bonds is 4. The number of guanidine groups is 1. The third kappa shape index (κ3) is 2.72. The molecule has 0 aliphatic carbocycles. The standard InChI is InChI=1S/C23H21N3O2/c1-26-21(27)23(25-22(26)24,18-8-4-3-5-9-18)19-10-6-7-17(15-19)16-11-13-20(28-2)14-12-16/h3-15H,1-2H3,(H2,24,25). The number of hydrogen-bond donors (Lipinski definition) is 2. The molecule has 0 radical (unpaired) electrons. The van der Waals surface area contributed by atoms with Crippen LogP contribution in [-0.2, 0) is 10.3 Å². The predicted molar refractivity (Wildman–Crippen MR) is 109 cm³/mol. The quantitative estimate of drug-likeness (QED) is 0.736. The van der Waals surface area contributed by atoms with E-state index in [4.69, 9.17) is 10.1 Å². The van der Waals surface area contributed by atoms with Gasteiger partial charge < -0.3 is 10.1 Å². The second kappa shape index (κ2) is 6.85. The summed E-state index contributed by atoms with van der Waals surface area (Å²) in [5, 5.41) is 11.3. The van der Waals surface area contributed by atoms with Crippen molar-refractivity contribution in [1.82, 2.24) is 10.2 Å². The molecule has 1 aliphatic heterocycles. The molecular formula is C23H21N3O2. The number of carbonyl (C=O) groups is 1. The van der Waals surface area contributed by atoms with Crippen LogP contribution >= 0.6 is 0 Å². The van der Waals surface area contributed by atoms with Gasteiger partial charge in [0.1, 0.15) is 5.75 Å². The summed E-state index contributed by atoms with van der Waals surface area (Å²) < 4.78 is 5.24. The van der Waals surface area contributed by atoms with E-state index in [1.807, 2.05) is 78.9 Å². The Labute approximate surface area is 164 Å². The predicted octanol–water partition coefficient (Wildman–Crippen LogP) is 3.60. The van der Waals surface area contributed by atoms with E-state index in [1.165, 1.54) is 4.90 Å². The number of nitrogens with one attached hydrogen (secondary N) is 2. The normalized spacial score (nSPS) is 18.9. The van der Waals surface area contributed by atoms with Crippen LogP contribution < -0.4 is 10.1 Å². The molecule has 0 saturated carbocycles. The van der Waals surface area contributed by atoms with E-state index in [0.717, 1.165) is 28.0 Å². The first-order valence-electron chi connectivity index (χ1n) is 9.01. The molecule has 28 heavy (non-hydrogen) atoms. The van der Waals surface area contributed by atoms with E-state index in [9.17, 15) is 4.79 Å². The molecule has 140 valence electrons. The van der Waals surface area contributed by atoms with E-state index >= 15 is 0 Å². The van der Waals surface area contributed by atoms with Gasteiger partial charge in [-0.25, -0.2) is 0 Å². The molecule has 1 saturated heterocycles. The number of benzene rings is 3. The van der Waals surface area contributed by atoms with Crippen molar-refractivity contribution in [3.05, 3.63) is 90.0 Å². The van der Waals surface area contributed by atoms with Crippen LogP contribution in [0, 0.1) is 5.41 Å². The van der Waals surface area contributed by atoms with Crippen molar-refractivity contribution >= 4 is 11.9 Å². The molecule has 5 nitrogen and oxygen atoms in total. The lowest BCUT2D eigenvalue weighted by atomic mass is 9.81. The van der Waals surface area contributed by atoms with E-state index in [0.29, 0.717) is 0 Å². The van der Waals surface area contributed by atoms with Crippen molar-refractivity contribution in [1.29, 1.82) is 5.41 Å². The van der Waals surface area contributed by atoms with Gasteiger partial charge in [-0.3, -0.25) is 15.1 Å². The molecule has 3 aromatic rings. The molecule has 3 aromatic carbocycles. The van der Waals surface area contributed by atoms with Crippen LogP contribution in [0.2, 0.25) is 0 Å². The molecule has 0 spiro atoms. The van der Waals surface area contributed by atoms with Gasteiger partial charge in [-0.15, -0.1) is 0 Å².